The zero-order valence-electron chi connectivity index (χ0n) is 17.2. The molecule has 0 aliphatic rings. The molecule has 2 aromatic carbocycles. The van der Waals surface area contributed by atoms with Crippen LogP contribution < -0.4 is 10.9 Å². The van der Waals surface area contributed by atoms with E-state index < -0.39 is 16.1 Å². The summed E-state index contributed by atoms with van der Waals surface area (Å²) in [5.74, 6) is 0.175. The molecule has 1 amide bonds. The van der Waals surface area contributed by atoms with E-state index in [1.54, 1.807) is 43.3 Å². The van der Waals surface area contributed by atoms with E-state index in [-0.39, 0.29) is 28.5 Å². The van der Waals surface area contributed by atoms with E-state index in [0.29, 0.717) is 21.8 Å². The van der Waals surface area contributed by atoms with Crippen LogP contribution in [0.1, 0.15) is 12.7 Å². The maximum absolute atomic E-state index is 13.1. The van der Waals surface area contributed by atoms with Crippen LogP contribution in [0, 0.1) is 10.1 Å². The van der Waals surface area contributed by atoms with Crippen molar-refractivity contribution < 1.29 is 14.1 Å². The minimum absolute atomic E-state index is 0.0494. The molecule has 0 aliphatic carbocycles. The van der Waals surface area contributed by atoms with Gasteiger partial charge in [-0.15, -0.1) is 0 Å². The minimum atomic E-state index is -0.660. The Hall–Kier alpha value is -3.63. The van der Waals surface area contributed by atoms with Crippen molar-refractivity contribution in [3.8, 4) is 0 Å². The fourth-order valence-corrected chi connectivity index (χ4v) is 4.23. The van der Waals surface area contributed by atoms with Gasteiger partial charge in [-0.3, -0.25) is 24.3 Å². The Bertz CT molecular complexity index is 1400. The van der Waals surface area contributed by atoms with Crippen molar-refractivity contribution in [1.29, 1.82) is 0 Å². The number of nitrogens with one attached hydrogen (secondary N) is 1. The lowest BCUT2D eigenvalue weighted by Gasteiger charge is -2.16. The van der Waals surface area contributed by atoms with Crippen molar-refractivity contribution in [3.63, 3.8) is 0 Å². The molecule has 9 nitrogen and oxygen atoms in total. The van der Waals surface area contributed by atoms with Gasteiger partial charge in [0, 0.05) is 12.1 Å². The van der Waals surface area contributed by atoms with E-state index in [2.05, 4.69) is 10.3 Å². The predicted octanol–water partition coefficient (Wildman–Crippen LogP) is 4.72. The van der Waals surface area contributed by atoms with E-state index in [4.69, 9.17) is 16.0 Å². The number of nitro groups is 1. The normalized spacial score (nSPS) is 11.9. The Labute approximate surface area is 196 Å². The SMILES string of the molecule is CC(Sc1nc2ccccc2c(=O)n1Cc1ccco1)C(=O)Nc1ccc([N+](=O)[O-])cc1Cl. The topological polar surface area (TPSA) is 120 Å². The number of nitrogens with zero attached hydrogens (tertiary/aromatic N) is 3. The second kappa shape index (κ2) is 9.47. The monoisotopic (exact) mass is 484 g/mol. The first kappa shape index (κ1) is 22.6. The molecule has 0 saturated carbocycles. The molecule has 1 unspecified atom stereocenters. The number of para-hydroxylation sites is 1. The molecule has 0 radical (unpaired) electrons. The average molecular weight is 485 g/mol. The summed E-state index contributed by atoms with van der Waals surface area (Å²) in [7, 11) is 0. The van der Waals surface area contributed by atoms with E-state index in [9.17, 15) is 19.7 Å². The molecule has 2 heterocycles. The lowest BCUT2D eigenvalue weighted by Crippen LogP contribution is -2.27. The summed E-state index contributed by atoms with van der Waals surface area (Å²) in [4.78, 5) is 40.9. The van der Waals surface area contributed by atoms with E-state index >= 15 is 0 Å². The number of carbonyl (C=O) groups is 1. The Balaban J connectivity index is 1.61. The predicted molar refractivity (Wildman–Crippen MR) is 126 cm³/mol. The molecule has 1 N–H and O–H groups in total. The molecule has 1 atom stereocenters. The van der Waals surface area contributed by atoms with Crippen LogP contribution in [0.5, 0.6) is 0 Å². The van der Waals surface area contributed by atoms with Crippen molar-refractivity contribution in [3.05, 3.63) is 92.1 Å². The number of anilines is 1. The smallest absolute Gasteiger partial charge is 0.271 e. The van der Waals surface area contributed by atoms with Crippen molar-refractivity contribution in [2.45, 2.75) is 23.9 Å². The van der Waals surface area contributed by atoms with Gasteiger partial charge in [0.05, 0.1) is 44.6 Å². The molecular weight excluding hydrogens is 468 g/mol. The van der Waals surface area contributed by atoms with Gasteiger partial charge in [0.1, 0.15) is 5.76 Å². The zero-order chi connectivity index (χ0) is 23.5. The van der Waals surface area contributed by atoms with Crippen LogP contribution in [0.2, 0.25) is 5.02 Å². The zero-order valence-corrected chi connectivity index (χ0v) is 18.8. The number of thioether (sulfide) groups is 1. The van der Waals surface area contributed by atoms with Crippen molar-refractivity contribution in [1.82, 2.24) is 9.55 Å². The summed E-state index contributed by atoms with van der Waals surface area (Å²) in [6.07, 6.45) is 1.52. The lowest BCUT2D eigenvalue weighted by molar-refractivity contribution is -0.384. The van der Waals surface area contributed by atoms with Crippen LogP contribution in [0.3, 0.4) is 0 Å². The number of non-ortho nitro benzene ring substituents is 1. The number of furan rings is 1. The number of rotatable bonds is 7. The number of carbonyl (C=O) groups excluding carboxylic acids is 1. The molecule has 4 aromatic rings. The van der Waals surface area contributed by atoms with Crippen molar-refractivity contribution in [2.24, 2.45) is 0 Å². The Morgan fingerprint density at radius 2 is 2.06 bits per heavy atom. The standard InChI is InChI=1S/C22H17ClN4O5S/c1-13(20(28)24-19-9-8-14(27(30)31)11-17(19)23)33-22-25-18-7-3-2-6-16(18)21(29)26(22)12-15-5-4-10-32-15/h2-11,13H,12H2,1H3,(H,24,28). The molecule has 33 heavy (non-hydrogen) atoms. The van der Waals surface area contributed by atoms with E-state index in [1.807, 2.05) is 0 Å². The van der Waals surface area contributed by atoms with Crippen LogP contribution in [0.15, 0.2) is 75.2 Å². The van der Waals surface area contributed by atoms with Gasteiger partial charge in [0.25, 0.3) is 11.2 Å². The van der Waals surface area contributed by atoms with Crippen LogP contribution >= 0.6 is 23.4 Å². The summed E-state index contributed by atoms with van der Waals surface area (Å²) >= 11 is 7.19. The van der Waals surface area contributed by atoms with Crippen molar-refractivity contribution >= 4 is 51.5 Å². The molecule has 0 aliphatic heterocycles. The van der Waals surface area contributed by atoms with Gasteiger partial charge >= 0.3 is 0 Å². The number of hydrogen-bond donors (Lipinski definition) is 1. The Morgan fingerprint density at radius 1 is 1.27 bits per heavy atom. The summed E-state index contributed by atoms with van der Waals surface area (Å²) in [6.45, 7) is 1.83. The quantitative estimate of drug-likeness (QED) is 0.174. The fourth-order valence-electron chi connectivity index (χ4n) is 3.10. The highest BCUT2D eigenvalue weighted by Gasteiger charge is 2.21. The van der Waals surface area contributed by atoms with Crippen LogP contribution in [0.25, 0.3) is 10.9 Å². The van der Waals surface area contributed by atoms with Gasteiger partial charge in [0.2, 0.25) is 5.91 Å². The molecule has 0 saturated heterocycles. The molecule has 0 spiro atoms. The summed E-state index contributed by atoms with van der Waals surface area (Å²) in [6, 6.07) is 14.3. The third kappa shape index (κ3) is 4.91. The number of fused-ring (bicyclic) bond motifs is 1. The first-order valence-corrected chi connectivity index (χ1v) is 11.0. The average Bonchev–Trinajstić information content (AvgIpc) is 3.31. The highest BCUT2D eigenvalue weighted by Crippen LogP contribution is 2.29. The molecule has 11 heteroatoms. The Morgan fingerprint density at radius 3 is 2.76 bits per heavy atom. The van der Waals surface area contributed by atoms with Crippen LogP contribution in [0.4, 0.5) is 11.4 Å². The van der Waals surface area contributed by atoms with Crippen LogP contribution in [-0.2, 0) is 11.3 Å². The Kier molecular flexibility index (Phi) is 6.47. The first-order chi connectivity index (χ1) is 15.8. The second-order valence-electron chi connectivity index (χ2n) is 7.05. The highest BCUT2D eigenvalue weighted by atomic mass is 35.5. The first-order valence-electron chi connectivity index (χ1n) is 9.77. The molecular formula is C22H17ClN4O5S. The molecule has 0 bridgehead atoms. The number of hydrogen-bond acceptors (Lipinski definition) is 7. The lowest BCUT2D eigenvalue weighted by atomic mass is 10.2. The number of halogens is 1. The largest absolute Gasteiger partial charge is 0.467 e. The minimum Gasteiger partial charge on any atom is -0.467 e. The van der Waals surface area contributed by atoms with Crippen molar-refractivity contribution in [2.75, 3.05) is 5.32 Å². The third-order valence-corrected chi connectivity index (χ3v) is 6.20. The van der Waals surface area contributed by atoms with Crippen LogP contribution in [-0.4, -0.2) is 25.6 Å². The number of benzene rings is 2. The maximum atomic E-state index is 13.1. The molecule has 2 aromatic heterocycles. The molecule has 168 valence electrons. The molecule has 4 rings (SSSR count). The van der Waals surface area contributed by atoms with Gasteiger partial charge in [-0.2, -0.15) is 0 Å². The van der Waals surface area contributed by atoms with Gasteiger partial charge in [-0.25, -0.2) is 4.98 Å². The number of nitro benzene ring substituents is 1. The summed E-state index contributed by atoms with van der Waals surface area (Å²) < 4.78 is 6.86. The van der Waals surface area contributed by atoms with Gasteiger partial charge in [0.15, 0.2) is 5.16 Å². The van der Waals surface area contributed by atoms with E-state index in [0.717, 1.165) is 11.8 Å². The second-order valence-corrected chi connectivity index (χ2v) is 8.77. The van der Waals surface area contributed by atoms with E-state index in [1.165, 1.54) is 29.0 Å². The van der Waals surface area contributed by atoms with Gasteiger partial charge in [-0.1, -0.05) is 35.5 Å². The maximum Gasteiger partial charge on any atom is 0.271 e. The highest BCUT2D eigenvalue weighted by molar-refractivity contribution is 8.00. The molecule has 0 fully saturated rings. The number of amides is 1. The fraction of sp³-hybridized carbons (Fsp3) is 0.136. The van der Waals surface area contributed by atoms with Gasteiger partial charge < -0.3 is 9.73 Å². The summed E-state index contributed by atoms with van der Waals surface area (Å²) in [5, 5.41) is 13.7. The number of aromatic nitrogens is 2. The van der Waals surface area contributed by atoms with Gasteiger partial charge in [-0.05, 0) is 37.3 Å². The summed E-state index contributed by atoms with van der Waals surface area (Å²) in [5.41, 5.74) is 0.346. The third-order valence-electron chi connectivity index (χ3n) is 4.79.